The van der Waals surface area contributed by atoms with Gasteiger partial charge in [0, 0.05) is 12.3 Å². The molecule has 1 aromatic rings. The topological polar surface area (TPSA) is 52.8 Å². The number of aromatic nitrogens is 2. The van der Waals surface area contributed by atoms with Crippen LogP contribution in [-0.2, 0) is 0 Å². The zero-order valence-electron chi connectivity index (χ0n) is 11.0. The molecule has 0 atom stereocenters. The van der Waals surface area contributed by atoms with Gasteiger partial charge in [0.1, 0.15) is 16.7 Å². The Morgan fingerprint density at radius 1 is 1.39 bits per heavy atom. The summed E-state index contributed by atoms with van der Waals surface area (Å²) in [5.74, 6) is 0.946. The third-order valence-electron chi connectivity index (χ3n) is 2.58. The molecule has 18 heavy (non-hydrogen) atoms. The van der Waals surface area contributed by atoms with Gasteiger partial charge >= 0.3 is 0 Å². The lowest BCUT2D eigenvalue weighted by atomic mass is 10.4. The van der Waals surface area contributed by atoms with Crippen LogP contribution in [0.3, 0.4) is 0 Å². The second-order valence-corrected chi connectivity index (χ2v) is 5.42. The van der Waals surface area contributed by atoms with Gasteiger partial charge in [-0.05, 0) is 19.3 Å². The van der Waals surface area contributed by atoms with Crippen LogP contribution in [0.15, 0.2) is 16.4 Å². The highest BCUT2D eigenvalue weighted by atomic mass is 32.2. The number of nitriles is 1. The van der Waals surface area contributed by atoms with Crippen molar-refractivity contribution in [3.8, 4) is 6.07 Å². The van der Waals surface area contributed by atoms with Crippen molar-refractivity contribution in [3.63, 3.8) is 0 Å². The van der Waals surface area contributed by atoms with Crippen molar-refractivity contribution in [2.24, 2.45) is 0 Å². The molecule has 1 aromatic heterocycles. The Morgan fingerprint density at radius 2 is 2.11 bits per heavy atom. The van der Waals surface area contributed by atoms with Crippen molar-refractivity contribution in [2.45, 2.75) is 24.0 Å². The van der Waals surface area contributed by atoms with E-state index in [4.69, 9.17) is 5.26 Å². The quantitative estimate of drug-likeness (QED) is 0.435. The Labute approximate surface area is 117 Å². The molecule has 0 radical (unpaired) electrons. The zero-order valence-corrected chi connectivity index (χ0v) is 12.6. The maximum Gasteiger partial charge on any atom is 0.188 e. The molecule has 0 saturated heterocycles. The summed E-state index contributed by atoms with van der Waals surface area (Å²) in [6.07, 6.45) is 3.55. The molecule has 0 fully saturated rings. The molecule has 1 rings (SSSR count). The van der Waals surface area contributed by atoms with E-state index in [1.54, 1.807) is 18.0 Å². The monoisotopic (exact) mass is 282 g/mol. The van der Waals surface area contributed by atoms with E-state index in [1.165, 1.54) is 11.8 Å². The fourth-order valence-electron chi connectivity index (χ4n) is 1.45. The SMILES string of the molecule is CCN(CC)CCSc1nc(SC)ncc1C#N. The molecule has 0 saturated carbocycles. The lowest BCUT2D eigenvalue weighted by molar-refractivity contribution is 0.324. The standard InChI is InChI=1S/C12H18N4S2/c1-4-16(5-2)6-7-18-11-10(8-13)9-14-12(15-11)17-3/h9H,4-7H2,1-3H3. The number of nitrogens with zero attached hydrogens (tertiary/aromatic N) is 4. The van der Waals surface area contributed by atoms with Crippen LogP contribution in [0.5, 0.6) is 0 Å². The highest BCUT2D eigenvalue weighted by Crippen LogP contribution is 2.21. The third kappa shape index (κ3) is 4.48. The van der Waals surface area contributed by atoms with Gasteiger partial charge in [-0.25, -0.2) is 9.97 Å². The van der Waals surface area contributed by atoms with Crippen molar-refractivity contribution in [1.82, 2.24) is 14.9 Å². The highest BCUT2D eigenvalue weighted by Gasteiger charge is 2.08. The van der Waals surface area contributed by atoms with Crippen molar-refractivity contribution < 1.29 is 0 Å². The van der Waals surface area contributed by atoms with Gasteiger partial charge in [0.25, 0.3) is 0 Å². The predicted octanol–water partition coefficient (Wildman–Crippen LogP) is 2.50. The van der Waals surface area contributed by atoms with Gasteiger partial charge in [-0.2, -0.15) is 5.26 Å². The van der Waals surface area contributed by atoms with Crippen molar-refractivity contribution >= 4 is 23.5 Å². The van der Waals surface area contributed by atoms with E-state index in [0.29, 0.717) is 5.56 Å². The first-order valence-electron chi connectivity index (χ1n) is 5.91. The minimum absolute atomic E-state index is 0.567. The summed E-state index contributed by atoms with van der Waals surface area (Å²) >= 11 is 3.13. The molecule has 0 aliphatic rings. The molecule has 6 heteroatoms. The van der Waals surface area contributed by atoms with Crippen LogP contribution in [0.2, 0.25) is 0 Å². The van der Waals surface area contributed by atoms with Gasteiger partial charge in [0.05, 0.1) is 6.20 Å². The van der Waals surface area contributed by atoms with Gasteiger partial charge in [-0.1, -0.05) is 25.6 Å². The first-order chi connectivity index (χ1) is 8.74. The van der Waals surface area contributed by atoms with E-state index in [1.807, 2.05) is 6.26 Å². The van der Waals surface area contributed by atoms with E-state index in [0.717, 1.165) is 35.6 Å². The molecular weight excluding hydrogens is 264 g/mol. The number of thioether (sulfide) groups is 2. The predicted molar refractivity (Wildman–Crippen MR) is 77.0 cm³/mol. The van der Waals surface area contributed by atoms with Crippen LogP contribution in [0, 0.1) is 11.3 Å². The Hall–Kier alpha value is -0.770. The fourth-order valence-corrected chi connectivity index (χ4v) is 2.79. The van der Waals surface area contributed by atoms with Gasteiger partial charge in [-0.3, -0.25) is 0 Å². The van der Waals surface area contributed by atoms with Crippen LogP contribution < -0.4 is 0 Å². The van der Waals surface area contributed by atoms with E-state index < -0.39 is 0 Å². The second-order valence-electron chi connectivity index (χ2n) is 3.56. The first kappa shape index (κ1) is 15.3. The van der Waals surface area contributed by atoms with Crippen LogP contribution in [0.4, 0.5) is 0 Å². The van der Waals surface area contributed by atoms with E-state index in [2.05, 4.69) is 34.8 Å². The third-order valence-corrected chi connectivity index (χ3v) is 4.11. The summed E-state index contributed by atoms with van der Waals surface area (Å²) in [4.78, 5) is 10.9. The van der Waals surface area contributed by atoms with Crippen molar-refractivity contribution in [3.05, 3.63) is 11.8 Å². The van der Waals surface area contributed by atoms with E-state index in [-0.39, 0.29) is 0 Å². The van der Waals surface area contributed by atoms with Gasteiger partial charge in [-0.15, -0.1) is 11.8 Å². The molecule has 4 nitrogen and oxygen atoms in total. The van der Waals surface area contributed by atoms with E-state index >= 15 is 0 Å². The Bertz CT molecular complexity index is 413. The molecule has 98 valence electrons. The Balaban J connectivity index is 2.63. The summed E-state index contributed by atoms with van der Waals surface area (Å²) in [6.45, 7) is 7.45. The fraction of sp³-hybridized carbons (Fsp3) is 0.583. The van der Waals surface area contributed by atoms with Crippen LogP contribution in [0.1, 0.15) is 19.4 Å². The molecule has 0 N–H and O–H groups in total. The Kier molecular flexibility index (Phi) is 7.09. The lowest BCUT2D eigenvalue weighted by Crippen LogP contribution is -2.25. The van der Waals surface area contributed by atoms with Gasteiger partial charge < -0.3 is 4.90 Å². The number of hydrogen-bond donors (Lipinski definition) is 0. The number of hydrogen-bond acceptors (Lipinski definition) is 6. The lowest BCUT2D eigenvalue weighted by Gasteiger charge is -2.17. The van der Waals surface area contributed by atoms with Crippen LogP contribution in [-0.4, -0.2) is 46.5 Å². The number of rotatable bonds is 7. The summed E-state index contributed by atoms with van der Waals surface area (Å²) in [6, 6.07) is 2.14. The largest absolute Gasteiger partial charge is 0.303 e. The van der Waals surface area contributed by atoms with Crippen LogP contribution >= 0.6 is 23.5 Å². The minimum Gasteiger partial charge on any atom is -0.303 e. The highest BCUT2D eigenvalue weighted by molar-refractivity contribution is 7.99. The molecule has 0 amide bonds. The average molecular weight is 282 g/mol. The van der Waals surface area contributed by atoms with Gasteiger partial charge in [0.15, 0.2) is 5.16 Å². The first-order valence-corrected chi connectivity index (χ1v) is 8.12. The van der Waals surface area contributed by atoms with E-state index in [9.17, 15) is 0 Å². The maximum atomic E-state index is 9.02. The molecule has 0 aliphatic carbocycles. The zero-order chi connectivity index (χ0) is 13.4. The molecule has 0 bridgehead atoms. The van der Waals surface area contributed by atoms with Crippen molar-refractivity contribution in [2.75, 3.05) is 31.6 Å². The molecule has 1 heterocycles. The molecule has 0 aromatic carbocycles. The smallest absolute Gasteiger partial charge is 0.188 e. The van der Waals surface area contributed by atoms with Gasteiger partial charge in [0.2, 0.25) is 0 Å². The average Bonchev–Trinajstić information content (AvgIpc) is 2.43. The molecular formula is C12H18N4S2. The molecule has 0 aliphatic heterocycles. The summed E-state index contributed by atoms with van der Waals surface area (Å²) in [5.41, 5.74) is 0.567. The van der Waals surface area contributed by atoms with Crippen molar-refractivity contribution in [1.29, 1.82) is 5.26 Å². The molecule has 0 spiro atoms. The molecule has 0 unspecified atom stereocenters. The minimum atomic E-state index is 0.567. The normalized spacial score (nSPS) is 10.6. The summed E-state index contributed by atoms with van der Waals surface area (Å²) in [5, 5.41) is 10.5. The maximum absolute atomic E-state index is 9.02. The summed E-state index contributed by atoms with van der Waals surface area (Å²) in [7, 11) is 0. The Morgan fingerprint density at radius 3 is 2.67 bits per heavy atom. The summed E-state index contributed by atoms with van der Waals surface area (Å²) < 4.78 is 0. The van der Waals surface area contributed by atoms with Crippen LogP contribution in [0.25, 0.3) is 0 Å². The second kappa shape index (κ2) is 8.35.